The smallest absolute Gasteiger partial charge is 0.156 e. The van der Waals surface area contributed by atoms with E-state index in [1.165, 1.54) is 38.5 Å². The fourth-order valence-corrected chi connectivity index (χ4v) is 8.43. The first kappa shape index (κ1) is 18.8. The number of hydrogen-bond donors (Lipinski definition) is 1. The summed E-state index contributed by atoms with van der Waals surface area (Å²) in [6, 6.07) is 0. The molecule has 4 heteroatoms. The van der Waals surface area contributed by atoms with Gasteiger partial charge in [0.2, 0.25) is 0 Å². The summed E-state index contributed by atoms with van der Waals surface area (Å²) < 4.78 is 1.93. The van der Waals surface area contributed by atoms with Crippen LogP contribution in [0.4, 0.5) is 0 Å². The van der Waals surface area contributed by atoms with Crippen molar-refractivity contribution in [1.82, 2.24) is 9.55 Å². The molecule has 1 aromatic heterocycles. The van der Waals surface area contributed by atoms with Crippen LogP contribution in [0.15, 0.2) is 18.7 Å². The molecule has 4 aliphatic carbocycles. The lowest BCUT2D eigenvalue weighted by Crippen LogP contribution is -2.54. The molecule has 1 aromatic rings. The number of carbonyl (C=O) groups excluding carboxylic acids is 1. The Morgan fingerprint density at radius 1 is 1.07 bits per heavy atom. The summed E-state index contributed by atoms with van der Waals surface area (Å²) in [6.07, 6.45) is 16.0. The van der Waals surface area contributed by atoms with Gasteiger partial charge in [-0.2, -0.15) is 0 Å². The van der Waals surface area contributed by atoms with E-state index in [-0.39, 0.29) is 17.4 Å². The van der Waals surface area contributed by atoms with Gasteiger partial charge in [-0.1, -0.05) is 13.8 Å². The quantitative estimate of drug-likeness (QED) is 0.836. The number of hydrogen-bond acceptors (Lipinski definition) is 3. The average Bonchev–Trinajstić information content (AvgIpc) is 3.29. The molecule has 154 valence electrons. The Kier molecular flexibility index (Phi) is 4.50. The molecule has 1 heterocycles. The standard InChI is InChI=1S/C24H36N2O2/c1-23-9-7-17(27)13-16(23)3-4-18-19-5-6-21(24(19,2)10-8-20(18)23)22(28)14-26-12-11-25-15-26/h11-12,15-21,27H,3-10,13-14H2,1-2H3/t16-,17+,18-,19-,20-,21+,23-,24-/m0/s1. The number of rotatable bonds is 3. The maximum Gasteiger partial charge on any atom is 0.156 e. The molecule has 0 aromatic carbocycles. The lowest BCUT2D eigenvalue weighted by Gasteiger charge is -2.60. The molecule has 8 atom stereocenters. The SMILES string of the molecule is C[C@]12CC[C@@H](O)C[C@@H]1CC[C@@H]1[C@@H]2CC[C@]2(C)[C@@H](C(=O)Cn3ccnc3)CC[C@@H]12. The monoisotopic (exact) mass is 384 g/mol. The fourth-order valence-electron chi connectivity index (χ4n) is 8.43. The zero-order valence-electron chi connectivity index (χ0n) is 17.5. The van der Waals surface area contributed by atoms with E-state index in [0.717, 1.165) is 31.1 Å². The first-order chi connectivity index (χ1) is 13.4. The Bertz CT molecular complexity index is 731. The minimum absolute atomic E-state index is 0.0693. The number of aliphatic hydroxyl groups excluding tert-OH is 1. The first-order valence-electron chi connectivity index (χ1n) is 11.6. The number of Topliss-reactive ketones (excluding diaryl/α,β-unsaturated/α-hetero) is 1. The van der Waals surface area contributed by atoms with Crippen molar-refractivity contribution >= 4 is 5.78 Å². The number of imidazole rings is 1. The maximum atomic E-state index is 13.2. The molecule has 4 aliphatic rings. The van der Waals surface area contributed by atoms with Crippen LogP contribution in [0.1, 0.15) is 71.6 Å². The summed E-state index contributed by atoms with van der Waals surface area (Å²) >= 11 is 0. The lowest BCUT2D eigenvalue weighted by atomic mass is 9.44. The third kappa shape index (κ3) is 2.74. The fraction of sp³-hybridized carbons (Fsp3) is 0.833. The number of carbonyl (C=O) groups is 1. The molecule has 0 spiro atoms. The second-order valence-corrected chi connectivity index (χ2v) is 11.0. The van der Waals surface area contributed by atoms with Crippen molar-refractivity contribution in [3.63, 3.8) is 0 Å². The van der Waals surface area contributed by atoms with Gasteiger partial charge in [-0.15, -0.1) is 0 Å². The summed E-state index contributed by atoms with van der Waals surface area (Å²) in [6.45, 7) is 5.47. The second-order valence-electron chi connectivity index (χ2n) is 11.0. The summed E-state index contributed by atoms with van der Waals surface area (Å²) in [5.74, 6) is 3.66. The summed E-state index contributed by atoms with van der Waals surface area (Å²) in [5, 5.41) is 10.2. The average molecular weight is 385 g/mol. The van der Waals surface area contributed by atoms with Gasteiger partial charge in [0, 0.05) is 18.3 Å². The molecular weight excluding hydrogens is 348 g/mol. The Morgan fingerprint density at radius 3 is 2.64 bits per heavy atom. The van der Waals surface area contributed by atoms with Crippen molar-refractivity contribution < 1.29 is 9.90 Å². The van der Waals surface area contributed by atoms with Crippen LogP contribution in [-0.2, 0) is 11.3 Å². The van der Waals surface area contributed by atoms with Gasteiger partial charge in [-0.05, 0) is 92.3 Å². The third-order valence-corrected chi connectivity index (χ3v) is 9.92. The maximum absolute atomic E-state index is 13.2. The van der Waals surface area contributed by atoms with Gasteiger partial charge in [0.1, 0.15) is 0 Å². The number of ketones is 1. The molecule has 4 fully saturated rings. The van der Waals surface area contributed by atoms with Crippen molar-refractivity contribution in [1.29, 1.82) is 0 Å². The predicted molar refractivity (Wildman–Crippen MR) is 108 cm³/mol. The molecule has 5 rings (SSSR count). The molecule has 0 aliphatic heterocycles. The minimum atomic E-state index is -0.0693. The van der Waals surface area contributed by atoms with E-state index in [1.807, 2.05) is 10.8 Å². The van der Waals surface area contributed by atoms with E-state index in [4.69, 9.17) is 0 Å². The van der Waals surface area contributed by atoms with Crippen LogP contribution in [-0.4, -0.2) is 26.5 Å². The molecule has 0 unspecified atom stereocenters. The van der Waals surface area contributed by atoms with Gasteiger partial charge in [0.15, 0.2) is 5.78 Å². The van der Waals surface area contributed by atoms with Crippen LogP contribution < -0.4 is 0 Å². The predicted octanol–water partition coefficient (Wildman–Crippen LogP) is 4.47. The largest absolute Gasteiger partial charge is 0.393 e. The minimum Gasteiger partial charge on any atom is -0.393 e. The van der Waals surface area contributed by atoms with E-state index in [0.29, 0.717) is 29.6 Å². The number of nitrogens with zero attached hydrogens (tertiary/aromatic N) is 2. The van der Waals surface area contributed by atoms with Crippen LogP contribution in [0.25, 0.3) is 0 Å². The highest BCUT2D eigenvalue weighted by atomic mass is 16.3. The van der Waals surface area contributed by atoms with E-state index in [9.17, 15) is 9.90 Å². The van der Waals surface area contributed by atoms with Gasteiger partial charge < -0.3 is 9.67 Å². The van der Waals surface area contributed by atoms with Gasteiger partial charge in [0.25, 0.3) is 0 Å². The van der Waals surface area contributed by atoms with Crippen molar-refractivity contribution in [2.24, 2.45) is 40.4 Å². The Balaban J connectivity index is 1.36. The molecule has 0 radical (unpaired) electrons. The number of aromatic nitrogens is 2. The molecule has 0 saturated heterocycles. The van der Waals surface area contributed by atoms with Crippen molar-refractivity contribution in [3.8, 4) is 0 Å². The van der Waals surface area contributed by atoms with Gasteiger partial charge in [-0.25, -0.2) is 4.98 Å². The van der Waals surface area contributed by atoms with Crippen LogP contribution in [0.5, 0.6) is 0 Å². The Labute approximate surface area is 169 Å². The summed E-state index contributed by atoms with van der Waals surface area (Å²) in [7, 11) is 0. The van der Waals surface area contributed by atoms with Crippen LogP contribution >= 0.6 is 0 Å². The molecule has 4 saturated carbocycles. The van der Waals surface area contributed by atoms with E-state index < -0.39 is 0 Å². The van der Waals surface area contributed by atoms with Crippen molar-refractivity contribution in [3.05, 3.63) is 18.7 Å². The second kappa shape index (κ2) is 6.68. The molecule has 28 heavy (non-hydrogen) atoms. The van der Waals surface area contributed by atoms with E-state index in [2.05, 4.69) is 18.8 Å². The zero-order chi connectivity index (χ0) is 19.5. The summed E-state index contributed by atoms with van der Waals surface area (Å²) in [5.41, 5.74) is 0.610. The van der Waals surface area contributed by atoms with Crippen molar-refractivity contribution in [2.75, 3.05) is 0 Å². The highest BCUT2D eigenvalue weighted by molar-refractivity contribution is 5.82. The number of fused-ring (bicyclic) bond motifs is 5. The molecule has 1 N–H and O–H groups in total. The molecule has 0 amide bonds. The van der Waals surface area contributed by atoms with Crippen LogP contribution in [0.2, 0.25) is 0 Å². The normalized spacial score (nSPS) is 47.8. The van der Waals surface area contributed by atoms with Gasteiger partial charge >= 0.3 is 0 Å². The highest BCUT2D eigenvalue weighted by Crippen LogP contribution is 2.67. The van der Waals surface area contributed by atoms with E-state index in [1.54, 1.807) is 12.5 Å². The Morgan fingerprint density at radius 2 is 1.86 bits per heavy atom. The van der Waals surface area contributed by atoms with E-state index >= 15 is 0 Å². The Hall–Kier alpha value is -1.16. The van der Waals surface area contributed by atoms with Gasteiger partial charge in [-0.3, -0.25) is 4.79 Å². The lowest BCUT2D eigenvalue weighted by molar-refractivity contribution is -0.140. The highest BCUT2D eigenvalue weighted by Gasteiger charge is 2.61. The van der Waals surface area contributed by atoms with Crippen molar-refractivity contribution in [2.45, 2.75) is 84.3 Å². The van der Waals surface area contributed by atoms with Gasteiger partial charge in [0.05, 0.1) is 19.0 Å². The van der Waals surface area contributed by atoms with Crippen LogP contribution in [0, 0.1) is 40.4 Å². The zero-order valence-corrected chi connectivity index (χ0v) is 17.5. The third-order valence-electron chi connectivity index (χ3n) is 9.92. The molecular formula is C24H36N2O2. The summed E-state index contributed by atoms with van der Waals surface area (Å²) in [4.78, 5) is 17.3. The van der Waals surface area contributed by atoms with Crippen LogP contribution in [0.3, 0.4) is 0 Å². The molecule has 4 nitrogen and oxygen atoms in total. The molecule has 0 bridgehead atoms. The number of aliphatic hydroxyl groups is 1. The topological polar surface area (TPSA) is 55.1 Å². The first-order valence-corrected chi connectivity index (χ1v) is 11.6.